The molecule has 2 aliphatic heterocycles. The van der Waals surface area contributed by atoms with Gasteiger partial charge in [0.1, 0.15) is 12.2 Å². The maximum Gasteiger partial charge on any atom is 0.305 e. The average Bonchev–Trinajstić information content (AvgIpc) is 2.89. The van der Waals surface area contributed by atoms with Crippen LogP contribution in [0.4, 0.5) is 0 Å². The van der Waals surface area contributed by atoms with Crippen molar-refractivity contribution in [3.05, 3.63) is 0 Å². The molecule has 10 atom stereocenters. The van der Waals surface area contributed by atoms with E-state index in [1.165, 1.54) is 6.42 Å². The van der Waals surface area contributed by atoms with Crippen LogP contribution in [0.5, 0.6) is 0 Å². The smallest absolute Gasteiger partial charge is 0.305 e. The van der Waals surface area contributed by atoms with Gasteiger partial charge >= 0.3 is 11.4 Å². The van der Waals surface area contributed by atoms with Crippen LogP contribution >= 0.6 is 0 Å². The molecule has 10 unspecified atom stereocenters. The highest BCUT2D eigenvalue weighted by atomic mass is 32.2. The Morgan fingerprint density at radius 2 is 1.31 bits per heavy atom. The maximum absolute atomic E-state index is 11.7. The molecule has 16 heavy (non-hydrogen) atoms. The van der Waals surface area contributed by atoms with Gasteiger partial charge in [-0.25, -0.2) is 0 Å². The van der Waals surface area contributed by atoms with Crippen molar-refractivity contribution < 1.29 is 17.3 Å². The van der Waals surface area contributed by atoms with Gasteiger partial charge in [0.2, 0.25) is 0 Å². The van der Waals surface area contributed by atoms with Crippen LogP contribution in [0.15, 0.2) is 0 Å². The van der Waals surface area contributed by atoms with Gasteiger partial charge in [0.15, 0.2) is 0 Å². The molecule has 6 aliphatic rings. The number of rotatable bonds is 0. The lowest BCUT2D eigenvalue weighted by atomic mass is 9.79. The third-order valence-electron chi connectivity index (χ3n) is 6.27. The highest BCUT2D eigenvalue weighted by Gasteiger charge is 2.81. The van der Waals surface area contributed by atoms with E-state index in [2.05, 4.69) is 0 Å². The van der Waals surface area contributed by atoms with Crippen LogP contribution in [0.3, 0.4) is 0 Å². The summed E-state index contributed by atoms with van der Waals surface area (Å²) in [7, 11) is 0. The van der Waals surface area contributed by atoms with Gasteiger partial charge < -0.3 is 4.74 Å². The average molecular weight is 240 g/mol. The van der Waals surface area contributed by atoms with Crippen molar-refractivity contribution in [1.29, 1.82) is 0 Å². The van der Waals surface area contributed by atoms with E-state index in [0.717, 1.165) is 11.8 Å². The van der Waals surface area contributed by atoms with Gasteiger partial charge in [-0.1, -0.05) is 0 Å². The standard InChI is InChI=1S/C11H12O4S/c12-16-14-10-6-2-1-3-5-4(2)8(10)13-9(5)11(15-16)7(3)6/h2-11H,1H2. The Hall–Kier alpha value is 0.0300. The monoisotopic (exact) mass is 240 g/mol. The van der Waals surface area contributed by atoms with Crippen LogP contribution in [-0.4, -0.2) is 28.6 Å². The van der Waals surface area contributed by atoms with E-state index in [1.54, 1.807) is 0 Å². The topological polar surface area (TPSA) is 44.8 Å². The van der Waals surface area contributed by atoms with E-state index >= 15 is 0 Å². The molecule has 2 saturated heterocycles. The molecule has 4 aliphatic carbocycles. The molecule has 0 N–H and O–H groups in total. The third-order valence-corrected chi connectivity index (χ3v) is 7.03. The summed E-state index contributed by atoms with van der Waals surface area (Å²) >= 11 is -1.53. The third kappa shape index (κ3) is 0.581. The molecular weight excluding hydrogens is 228 g/mol. The fourth-order valence-corrected chi connectivity index (χ4v) is 7.17. The number of fused-ring (bicyclic) bond motifs is 2. The Morgan fingerprint density at radius 1 is 0.812 bits per heavy atom. The van der Waals surface area contributed by atoms with Crippen LogP contribution in [-0.2, 0) is 24.5 Å². The first-order chi connectivity index (χ1) is 7.84. The summed E-state index contributed by atoms with van der Waals surface area (Å²) in [6.07, 6.45) is 1.95. The Morgan fingerprint density at radius 3 is 1.88 bits per heavy atom. The minimum atomic E-state index is -1.53. The Bertz CT molecular complexity index is 404. The van der Waals surface area contributed by atoms with Gasteiger partial charge in [-0.05, 0) is 41.9 Å². The lowest BCUT2D eigenvalue weighted by Gasteiger charge is -2.25. The summed E-state index contributed by atoms with van der Waals surface area (Å²) in [6.45, 7) is 0. The predicted octanol–water partition coefficient (Wildman–Crippen LogP) is 0.258. The van der Waals surface area contributed by atoms with Gasteiger partial charge in [0.05, 0.1) is 12.2 Å². The zero-order valence-electron chi connectivity index (χ0n) is 8.52. The van der Waals surface area contributed by atoms with Crippen molar-refractivity contribution in [2.75, 3.05) is 0 Å². The zero-order chi connectivity index (χ0) is 10.2. The number of hydrogen-bond acceptors (Lipinski definition) is 4. The van der Waals surface area contributed by atoms with Crippen molar-refractivity contribution in [3.63, 3.8) is 0 Å². The maximum atomic E-state index is 11.7. The van der Waals surface area contributed by atoms with Crippen molar-refractivity contribution in [2.24, 2.45) is 35.5 Å². The molecular formula is C11H12O4S. The molecule has 0 aromatic heterocycles. The van der Waals surface area contributed by atoms with E-state index in [1.807, 2.05) is 0 Å². The first kappa shape index (κ1) is 8.19. The summed E-state index contributed by atoms with van der Waals surface area (Å²) in [5.41, 5.74) is 0. The van der Waals surface area contributed by atoms with Crippen molar-refractivity contribution in [3.8, 4) is 0 Å². The SMILES string of the molecule is O=S1OC2C3OC4C(O1)C1C5CC(C3C54)C21. The van der Waals surface area contributed by atoms with Crippen LogP contribution in [0.1, 0.15) is 6.42 Å². The normalized spacial score (nSPS) is 80.4. The molecule has 5 heteroatoms. The van der Waals surface area contributed by atoms with Crippen molar-refractivity contribution in [2.45, 2.75) is 30.8 Å². The number of hydrogen-bond donors (Lipinski definition) is 0. The highest BCUT2D eigenvalue weighted by molar-refractivity contribution is 7.75. The van der Waals surface area contributed by atoms with Crippen LogP contribution < -0.4 is 0 Å². The minimum absolute atomic E-state index is 0.0633. The predicted molar refractivity (Wildman–Crippen MR) is 52.1 cm³/mol. The van der Waals surface area contributed by atoms with E-state index in [-0.39, 0.29) is 24.4 Å². The van der Waals surface area contributed by atoms with Crippen LogP contribution in [0, 0.1) is 35.5 Å². The lowest BCUT2D eigenvalue weighted by Crippen LogP contribution is -2.33. The molecule has 4 nitrogen and oxygen atoms in total. The van der Waals surface area contributed by atoms with Crippen molar-refractivity contribution in [1.82, 2.24) is 0 Å². The van der Waals surface area contributed by atoms with Crippen LogP contribution in [0.25, 0.3) is 0 Å². The second-order valence-electron chi connectivity index (χ2n) is 6.26. The molecule has 0 spiro atoms. The second kappa shape index (κ2) is 2.16. The first-order valence-electron chi connectivity index (χ1n) is 6.26. The summed E-state index contributed by atoms with van der Waals surface area (Å²) in [6, 6.07) is 0. The molecule has 0 aromatic carbocycles. The van der Waals surface area contributed by atoms with Gasteiger partial charge in [0.25, 0.3) is 0 Å². The Labute approximate surface area is 95.5 Å². The molecule has 6 fully saturated rings. The largest absolute Gasteiger partial charge is 0.369 e. The molecule has 0 amide bonds. The van der Waals surface area contributed by atoms with Gasteiger partial charge in [0, 0.05) is 0 Å². The fraction of sp³-hybridized carbons (Fsp3) is 1.00. The summed E-state index contributed by atoms with van der Waals surface area (Å²) in [5, 5.41) is 0. The quantitative estimate of drug-likeness (QED) is 0.609. The molecule has 2 bridgehead atoms. The van der Waals surface area contributed by atoms with Gasteiger partial charge in [-0.15, -0.1) is 0 Å². The van der Waals surface area contributed by atoms with E-state index in [4.69, 9.17) is 13.1 Å². The molecule has 86 valence electrons. The Kier molecular flexibility index (Phi) is 1.10. The molecule has 4 saturated carbocycles. The summed E-state index contributed by atoms with van der Waals surface area (Å²) in [4.78, 5) is 0. The number of ether oxygens (including phenoxy) is 1. The molecule has 6 rings (SSSR count). The van der Waals surface area contributed by atoms with Crippen LogP contribution in [0.2, 0.25) is 0 Å². The fourth-order valence-electron chi connectivity index (χ4n) is 6.28. The van der Waals surface area contributed by atoms with Gasteiger partial charge in [-0.3, -0.25) is 8.37 Å². The molecule has 0 radical (unpaired) electrons. The van der Waals surface area contributed by atoms with Gasteiger partial charge in [-0.2, -0.15) is 4.21 Å². The lowest BCUT2D eigenvalue weighted by molar-refractivity contribution is -0.0586. The molecule has 2 heterocycles. The van der Waals surface area contributed by atoms with E-state index < -0.39 is 11.4 Å². The summed E-state index contributed by atoms with van der Waals surface area (Å²) < 4.78 is 29.0. The second-order valence-corrected chi connectivity index (χ2v) is 7.06. The highest BCUT2D eigenvalue weighted by Crippen LogP contribution is 2.76. The Balaban J connectivity index is 1.70. The van der Waals surface area contributed by atoms with Crippen molar-refractivity contribution >= 4 is 11.4 Å². The van der Waals surface area contributed by atoms with E-state index in [9.17, 15) is 4.21 Å². The first-order valence-corrected chi connectivity index (χ1v) is 7.26. The molecule has 0 aromatic rings. The minimum Gasteiger partial charge on any atom is -0.369 e. The summed E-state index contributed by atoms with van der Waals surface area (Å²) in [5.74, 6) is 4.13. The zero-order valence-corrected chi connectivity index (χ0v) is 9.34. The van der Waals surface area contributed by atoms with E-state index in [0.29, 0.717) is 23.7 Å².